The van der Waals surface area contributed by atoms with E-state index in [1.165, 1.54) is 31.7 Å². The Morgan fingerprint density at radius 1 is 1.13 bits per heavy atom. The fourth-order valence-corrected chi connectivity index (χ4v) is 3.75. The van der Waals surface area contributed by atoms with E-state index in [9.17, 15) is 9.90 Å². The molecule has 0 heterocycles. The van der Waals surface area contributed by atoms with Crippen molar-refractivity contribution in [2.24, 2.45) is 10.4 Å². The number of ether oxygens (including phenoxy) is 1. The lowest BCUT2D eigenvalue weighted by molar-refractivity contribution is 0.0951. The van der Waals surface area contributed by atoms with Crippen LogP contribution in [0.5, 0.6) is 5.75 Å². The first-order valence-electron chi connectivity index (χ1n) is 10.8. The summed E-state index contributed by atoms with van der Waals surface area (Å²) in [6, 6.07) is 6.53. The maximum atomic E-state index is 12.1. The van der Waals surface area contributed by atoms with Gasteiger partial charge < -0.3 is 25.8 Å². The second kappa shape index (κ2) is 14.5. The van der Waals surface area contributed by atoms with Crippen LogP contribution in [0.25, 0.3) is 0 Å². The minimum atomic E-state index is -0.285. The van der Waals surface area contributed by atoms with Crippen molar-refractivity contribution in [1.29, 1.82) is 0 Å². The zero-order valence-electron chi connectivity index (χ0n) is 18.2. The third kappa shape index (κ3) is 8.67. The lowest BCUT2D eigenvalue weighted by Crippen LogP contribution is -2.42. The summed E-state index contributed by atoms with van der Waals surface area (Å²) < 4.78 is 5.58. The van der Waals surface area contributed by atoms with Gasteiger partial charge in [-0.2, -0.15) is 0 Å². The van der Waals surface area contributed by atoms with Crippen LogP contribution < -0.4 is 16.0 Å². The van der Waals surface area contributed by atoms with E-state index in [2.05, 4.69) is 16.0 Å². The van der Waals surface area contributed by atoms with Crippen LogP contribution in [0.4, 0.5) is 0 Å². The van der Waals surface area contributed by atoms with Gasteiger partial charge in [0.25, 0.3) is 5.91 Å². The quantitative estimate of drug-likeness (QED) is 0.152. The van der Waals surface area contributed by atoms with Crippen molar-refractivity contribution in [3.05, 3.63) is 29.8 Å². The van der Waals surface area contributed by atoms with Crippen LogP contribution in [0.15, 0.2) is 29.3 Å². The summed E-state index contributed by atoms with van der Waals surface area (Å²) in [7, 11) is 0. The number of nitrogens with zero attached hydrogens (tertiary/aromatic N) is 1. The fraction of sp³-hybridized carbons (Fsp3) is 0.636. The van der Waals surface area contributed by atoms with Crippen molar-refractivity contribution in [3.63, 3.8) is 0 Å². The number of halogens is 1. The first-order chi connectivity index (χ1) is 14.1. The van der Waals surface area contributed by atoms with Crippen LogP contribution >= 0.6 is 24.0 Å². The van der Waals surface area contributed by atoms with Gasteiger partial charge in [0.15, 0.2) is 5.96 Å². The number of aromatic hydroxyl groups is 1. The number of hydrogen-bond acceptors (Lipinski definition) is 4. The molecule has 1 aromatic carbocycles. The number of aliphatic imine (C=N–C) groups is 1. The van der Waals surface area contributed by atoms with Crippen molar-refractivity contribution in [1.82, 2.24) is 16.0 Å². The fourth-order valence-electron chi connectivity index (χ4n) is 3.75. The summed E-state index contributed by atoms with van der Waals surface area (Å²) in [6.45, 7) is 8.19. The molecule has 0 aliphatic heterocycles. The van der Waals surface area contributed by atoms with Gasteiger partial charge in [-0.15, -0.1) is 24.0 Å². The number of para-hydroxylation sites is 1. The third-order valence-electron chi connectivity index (χ3n) is 5.41. The number of rotatable bonds is 11. The van der Waals surface area contributed by atoms with E-state index in [0.717, 1.165) is 38.7 Å². The smallest absolute Gasteiger partial charge is 0.255 e. The number of guanidine groups is 1. The number of phenols is 1. The number of carbonyl (C=O) groups excluding carboxylic acids is 1. The average molecular weight is 532 g/mol. The molecular weight excluding hydrogens is 495 g/mol. The van der Waals surface area contributed by atoms with Gasteiger partial charge in [0, 0.05) is 39.4 Å². The molecule has 0 bridgehead atoms. The zero-order chi connectivity index (χ0) is 21.0. The second-order valence-corrected chi connectivity index (χ2v) is 7.55. The monoisotopic (exact) mass is 532 g/mol. The minimum Gasteiger partial charge on any atom is -0.507 e. The minimum absolute atomic E-state index is 0. The van der Waals surface area contributed by atoms with Crippen LogP contribution in [-0.2, 0) is 4.74 Å². The summed E-state index contributed by atoms with van der Waals surface area (Å²) in [5.41, 5.74) is 0.530. The highest BCUT2D eigenvalue weighted by Crippen LogP contribution is 2.41. The zero-order valence-corrected chi connectivity index (χ0v) is 20.5. The molecule has 1 fully saturated rings. The Morgan fingerprint density at radius 2 is 1.83 bits per heavy atom. The molecule has 1 aliphatic rings. The number of hydrogen-bond donors (Lipinski definition) is 4. The molecule has 0 aromatic heterocycles. The highest BCUT2D eigenvalue weighted by Gasteiger charge is 2.33. The van der Waals surface area contributed by atoms with Crippen molar-refractivity contribution in [2.45, 2.75) is 46.0 Å². The summed E-state index contributed by atoms with van der Waals surface area (Å²) in [4.78, 5) is 17.0. The molecular formula is C22H37IN4O3. The van der Waals surface area contributed by atoms with Crippen LogP contribution in [0, 0.1) is 5.41 Å². The van der Waals surface area contributed by atoms with Crippen molar-refractivity contribution >= 4 is 35.8 Å². The van der Waals surface area contributed by atoms with E-state index in [0.29, 0.717) is 13.1 Å². The number of carbonyl (C=O) groups is 1. The Labute approximate surface area is 197 Å². The van der Waals surface area contributed by atoms with Gasteiger partial charge in [0.05, 0.1) is 5.56 Å². The number of phenolic OH excluding ortho intramolecular Hbond substituents is 1. The Kier molecular flexibility index (Phi) is 12.8. The normalized spacial score (nSPS) is 15.3. The van der Waals surface area contributed by atoms with E-state index < -0.39 is 0 Å². The lowest BCUT2D eigenvalue weighted by Gasteiger charge is -2.27. The molecule has 8 heteroatoms. The van der Waals surface area contributed by atoms with E-state index in [4.69, 9.17) is 9.73 Å². The molecule has 0 unspecified atom stereocenters. The summed E-state index contributed by atoms with van der Waals surface area (Å²) in [5, 5.41) is 19.1. The molecule has 1 aromatic rings. The Balaban J connectivity index is 0.00000450. The van der Waals surface area contributed by atoms with E-state index >= 15 is 0 Å². The van der Waals surface area contributed by atoms with E-state index in [1.54, 1.807) is 18.2 Å². The molecule has 1 saturated carbocycles. The number of amides is 1. The predicted octanol–water partition coefficient (Wildman–Crippen LogP) is 3.28. The van der Waals surface area contributed by atoms with Crippen molar-refractivity contribution in [3.8, 4) is 5.75 Å². The molecule has 4 N–H and O–H groups in total. The SMILES string of the molecule is CCNC(=NCC1(CCOCC)CCCC1)NCCNC(=O)c1ccccc1O.I. The van der Waals surface area contributed by atoms with Gasteiger partial charge in [0.1, 0.15) is 5.75 Å². The summed E-state index contributed by atoms with van der Waals surface area (Å²) >= 11 is 0. The molecule has 170 valence electrons. The Bertz CT molecular complexity index is 664. The number of nitrogens with one attached hydrogen (secondary N) is 3. The van der Waals surface area contributed by atoms with Gasteiger partial charge >= 0.3 is 0 Å². The molecule has 2 rings (SSSR count). The summed E-state index contributed by atoms with van der Waals surface area (Å²) in [5.74, 6) is 0.474. The van der Waals surface area contributed by atoms with E-state index in [1.807, 2.05) is 13.8 Å². The predicted molar refractivity (Wildman–Crippen MR) is 132 cm³/mol. The maximum absolute atomic E-state index is 12.1. The topological polar surface area (TPSA) is 95.0 Å². The van der Waals surface area contributed by atoms with Crippen molar-refractivity contribution in [2.75, 3.05) is 39.4 Å². The highest BCUT2D eigenvalue weighted by molar-refractivity contribution is 14.0. The molecule has 0 atom stereocenters. The van der Waals surface area contributed by atoms with Crippen LogP contribution in [0.2, 0.25) is 0 Å². The third-order valence-corrected chi connectivity index (χ3v) is 5.41. The molecule has 1 aliphatic carbocycles. The van der Waals surface area contributed by atoms with Gasteiger partial charge in [-0.25, -0.2) is 0 Å². The molecule has 0 radical (unpaired) electrons. The van der Waals surface area contributed by atoms with Crippen molar-refractivity contribution < 1.29 is 14.6 Å². The van der Waals surface area contributed by atoms with E-state index in [-0.39, 0.29) is 46.6 Å². The van der Waals surface area contributed by atoms with Crippen LogP contribution in [0.3, 0.4) is 0 Å². The Hall–Kier alpha value is -1.55. The highest BCUT2D eigenvalue weighted by atomic mass is 127. The van der Waals surface area contributed by atoms with Crippen LogP contribution in [0.1, 0.15) is 56.3 Å². The standard InChI is InChI=1S/C22H36N4O3.HI/c1-3-23-21(26-17-22(11-7-8-12-22)13-16-29-4-2)25-15-14-24-20(28)18-9-5-6-10-19(18)27;/h5-6,9-10,27H,3-4,7-8,11-17H2,1-2H3,(H,24,28)(H2,23,25,26);1H. The molecule has 0 spiro atoms. The number of benzene rings is 1. The second-order valence-electron chi connectivity index (χ2n) is 7.55. The average Bonchev–Trinajstić information content (AvgIpc) is 3.18. The maximum Gasteiger partial charge on any atom is 0.255 e. The van der Waals surface area contributed by atoms with Gasteiger partial charge in [-0.3, -0.25) is 9.79 Å². The first-order valence-corrected chi connectivity index (χ1v) is 10.8. The molecule has 0 saturated heterocycles. The van der Waals surface area contributed by atoms with Gasteiger partial charge in [-0.1, -0.05) is 25.0 Å². The van der Waals surface area contributed by atoms with Crippen LogP contribution in [-0.4, -0.2) is 56.4 Å². The van der Waals surface area contributed by atoms with Gasteiger partial charge in [-0.05, 0) is 50.7 Å². The molecule has 30 heavy (non-hydrogen) atoms. The lowest BCUT2D eigenvalue weighted by atomic mass is 9.83. The Morgan fingerprint density at radius 3 is 2.50 bits per heavy atom. The summed E-state index contributed by atoms with van der Waals surface area (Å²) in [6.07, 6.45) is 6.01. The van der Waals surface area contributed by atoms with Gasteiger partial charge in [0.2, 0.25) is 0 Å². The molecule has 7 nitrogen and oxygen atoms in total. The largest absolute Gasteiger partial charge is 0.507 e. The first kappa shape index (κ1) is 26.5. The molecule has 1 amide bonds.